The molecule has 1 fully saturated rings. The maximum atomic E-state index is 12.8. The Morgan fingerprint density at radius 3 is 2.88 bits per heavy atom. The number of nitrogens with zero attached hydrogens (tertiary/aromatic N) is 3. The summed E-state index contributed by atoms with van der Waals surface area (Å²) in [4.78, 5) is 28.9. The molecule has 2 heterocycles. The number of H-pyrrole nitrogens is 1. The Morgan fingerprint density at radius 1 is 1.35 bits per heavy atom. The maximum Gasteiger partial charge on any atom is 0.275 e. The third-order valence-corrected chi connectivity index (χ3v) is 4.65. The molecule has 1 aliphatic heterocycles. The van der Waals surface area contributed by atoms with Crippen molar-refractivity contribution in [2.45, 2.75) is 32.7 Å². The monoisotopic (exact) mass is 356 g/mol. The maximum absolute atomic E-state index is 12.8. The van der Waals surface area contributed by atoms with Crippen molar-refractivity contribution >= 4 is 17.5 Å². The molecule has 2 amide bonds. The lowest BCUT2D eigenvalue weighted by Crippen LogP contribution is -2.57. The highest BCUT2D eigenvalue weighted by Crippen LogP contribution is 2.25. The third kappa shape index (κ3) is 3.42. The van der Waals surface area contributed by atoms with Gasteiger partial charge in [0.25, 0.3) is 5.91 Å². The lowest BCUT2D eigenvalue weighted by atomic mass is 10.1. The quantitative estimate of drug-likeness (QED) is 0.891. The molecular formula is C19H24N4O3. The summed E-state index contributed by atoms with van der Waals surface area (Å²) in [5, 5.41) is 7.00. The number of benzene rings is 1. The number of methoxy groups -OCH3 is 1. The van der Waals surface area contributed by atoms with Crippen molar-refractivity contribution in [1.29, 1.82) is 0 Å². The molecule has 7 nitrogen and oxygen atoms in total. The summed E-state index contributed by atoms with van der Waals surface area (Å²) in [7, 11) is 1.59. The highest BCUT2D eigenvalue weighted by atomic mass is 16.5. The van der Waals surface area contributed by atoms with Crippen LogP contribution in [0.2, 0.25) is 0 Å². The first kappa shape index (κ1) is 18.0. The van der Waals surface area contributed by atoms with Crippen LogP contribution in [0.1, 0.15) is 36.5 Å². The van der Waals surface area contributed by atoms with Gasteiger partial charge >= 0.3 is 0 Å². The van der Waals surface area contributed by atoms with Crippen LogP contribution in [0.25, 0.3) is 0 Å². The van der Waals surface area contributed by atoms with Crippen molar-refractivity contribution in [3.8, 4) is 5.75 Å². The number of rotatable bonds is 5. The second kappa shape index (κ2) is 7.59. The van der Waals surface area contributed by atoms with Crippen molar-refractivity contribution in [2.75, 3.05) is 25.1 Å². The predicted octanol–water partition coefficient (Wildman–Crippen LogP) is 2.25. The number of carbonyl (C=O) groups excluding carboxylic acids is 2. The largest absolute Gasteiger partial charge is 0.497 e. The molecular weight excluding hydrogens is 332 g/mol. The SMILES string of the molecule is CCCc1cc(C(=O)N2CCN(c3cccc(OC)c3)C(=O)[C@H]2C)n[nH]1. The first-order valence-electron chi connectivity index (χ1n) is 8.85. The molecule has 26 heavy (non-hydrogen) atoms. The smallest absolute Gasteiger partial charge is 0.275 e. The van der Waals surface area contributed by atoms with Gasteiger partial charge < -0.3 is 14.5 Å². The molecule has 1 aliphatic rings. The Morgan fingerprint density at radius 2 is 2.15 bits per heavy atom. The molecule has 138 valence electrons. The van der Waals surface area contributed by atoms with Gasteiger partial charge in [-0.25, -0.2) is 0 Å². The minimum absolute atomic E-state index is 0.109. The van der Waals surface area contributed by atoms with Crippen LogP contribution in [0.4, 0.5) is 5.69 Å². The Balaban J connectivity index is 1.75. The van der Waals surface area contributed by atoms with Crippen LogP contribution in [-0.4, -0.2) is 53.2 Å². The molecule has 2 aromatic rings. The summed E-state index contributed by atoms with van der Waals surface area (Å²) in [6.07, 6.45) is 1.82. The van der Waals surface area contributed by atoms with Gasteiger partial charge in [-0.1, -0.05) is 19.4 Å². The van der Waals surface area contributed by atoms with Gasteiger partial charge in [-0.15, -0.1) is 0 Å². The molecule has 0 radical (unpaired) electrons. The highest BCUT2D eigenvalue weighted by Gasteiger charge is 2.36. The lowest BCUT2D eigenvalue weighted by Gasteiger charge is -2.38. The minimum Gasteiger partial charge on any atom is -0.497 e. The van der Waals surface area contributed by atoms with E-state index < -0.39 is 6.04 Å². The number of carbonyl (C=O) groups is 2. The lowest BCUT2D eigenvalue weighted by molar-refractivity contribution is -0.124. The van der Waals surface area contributed by atoms with E-state index in [9.17, 15) is 9.59 Å². The van der Waals surface area contributed by atoms with Crippen LogP contribution in [0, 0.1) is 0 Å². The van der Waals surface area contributed by atoms with E-state index in [1.165, 1.54) is 0 Å². The molecule has 7 heteroatoms. The van der Waals surface area contributed by atoms with Gasteiger partial charge in [-0.05, 0) is 31.5 Å². The fraction of sp³-hybridized carbons (Fsp3) is 0.421. The highest BCUT2D eigenvalue weighted by molar-refractivity contribution is 6.02. The fourth-order valence-corrected chi connectivity index (χ4v) is 3.20. The van der Waals surface area contributed by atoms with Crippen molar-refractivity contribution < 1.29 is 14.3 Å². The van der Waals surface area contributed by atoms with Gasteiger partial charge in [0.2, 0.25) is 5.91 Å². The molecule has 1 aromatic carbocycles. The number of ether oxygens (including phenoxy) is 1. The average Bonchev–Trinajstić information content (AvgIpc) is 3.12. The number of aryl methyl sites for hydroxylation is 1. The summed E-state index contributed by atoms with van der Waals surface area (Å²) in [6.45, 7) is 4.72. The van der Waals surface area contributed by atoms with Gasteiger partial charge in [0.05, 0.1) is 7.11 Å². The second-order valence-electron chi connectivity index (χ2n) is 6.39. The topological polar surface area (TPSA) is 78.5 Å². The van der Waals surface area contributed by atoms with Gasteiger partial charge in [-0.3, -0.25) is 14.7 Å². The van der Waals surface area contributed by atoms with E-state index in [4.69, 9.17) is 4.74 Å². The molecule has 3 rings (SSSR count). The van der Waals surface area contributed by atoms with Crippen molar-refractivity contribution in [1.82, 2.24) is 15.1 Å². The van der Waals surface area contributed by atoms with Crippen LogP contribution in [0.15, 0.2) is 30.3 Å². The number of amides is 2. The second-order valence-corrected chi connectivity index (χ2v) is 6.39. The number of hydrogen-bond acceptors (Lipinski definition) is 4. The van der Waals surface area contributed by atoms with E-state index in [0.29, 0.717) is 24.5 Å². The normalized spacial score (nSPS) is 17.5. The van der Waals surface area contributed by atoms with Crippen molar-refractivity contribution in [2.24, 2.45) is 0 Å². The summed E-state index contributed by atoms with van der Waals surface area (Å²) in [5.74, 6) is 0.373. The molecule has 0 bridgehead atoms. The molecule has 1 N–H and O–H groups in total. The van der Waals surface area contributed by atoms with Crippen LogP contribution in [0.3, 0.4) is 0 Å². The van der Waals surface area contributed by atoms with Gasteiger partial charge in [0.15, 0.2) is 0 Å². The van der Waals surface area contributed by atoms with Gasteiger partial charge in [0.1, 0.15) is 17.5 Å². The predicted molar refractivity (Wildman–Crippen MR) is 98.4 cm³/mol. The molecule has 1 saturated heterocycles. The zero-order valence-corrected chi connectivity index (χ0v) is 15.4. The number of nitrogens with one attached hydrogen (secondary N) is 1. The van der Waals surface area contributed by atoms with Gasteiger partial charge in [0, 0.05) is 30.5 Å². The number of aromatic nitrogens is 2. The summed E-state index contributed by atoms with van der Waals surface area (Å²) >= 11 is 0. The van der Waals surface area contributed by atoms with Crippen LogP contribution in [-0.2, 0) is 11.2 Å². The summed E-state index contributed by atoms with van der Waals surface area (Å²) in [6, 6.07) is 8.61. The molecule has 0 aliphatic carbocycles. The van der Waals surface area contributed by atoms with Crippen molar-refractivity contribution in [3.05, 3.63) is 41.7 Å². The summed E-state index contributed by atoms with van der Waals surface area (Å²) in [5.41, 5.74) is 2.08. The molecule has 0 unspecified atom stereocenters. The van der Waals surface area contributed by atoms with Crippen molar-refractivity contribution in [3.63, 3.8) is 0 Å². The average molecular weight is 356 g/mol. The molecule has 1 aromatic heterocycles. The van der Waals surface area contributed by atoms with E-state index in [-0.39, 0.29) is 11.8 Å². The number of anilines is 1. The van der Waals surface area contributed by atoms with Crippen LogP contribution < -0.4 is 9.64 Å². The zero-order valence-electron chi connectivity index (χ0n) is 15.4. The Hall–Kier alpha value is -2.83. The fourth-order valence-electron chi connectivity index (χ4n) is 3.20. The van der Waals surface area contributed by atoms with E-state index in [0.717, 1.165) is 24.2 Å². The number of aromatic amines is 1. The first-order chi connectivity index (χ1) is 12.5. The molecule has 0 spiro atoms. The van der Waals surface area contributed by atoms with Crippen LogP contribution in [0.5, 0.6) is 5.75 Å². The van der Waals surface area contributed by atoms with E-state index in [2.05, 4.69) is 17.1 Å². The Labute approximate surface area is 152 Å². The van der Waals surface area contributed by atoms with E-state index >= 15 is 0 Å². The Kier molecular flexibility index (Phi) is 5.25. The first-order valence-corrected chi connectivity index (χ1v) is 8.85. The number of piperazine rings is 1. The zero-order chi connectivity index (χ0) is 18.7. The van der Waals surface area contributed by atoms with Gasteiger partial charge in [-0.2, -0.15) is 5.10 Å². The third-order valence-electron chi connectivity index (χ3n) is 4.65. The van der Waals surface area contributed by atoms with Crippen LogP contribution >= 0.6 is 0 Å². The molecule has 0 saturated carbocycles. The summed E-state index contributed by atoms with van der Waals surface area (Å²) < 4.78 is 5.23. The van der Waals surface area contributed by atoms with E-state index in [1.54, 1.807) is 29.9 Å². The Bertz CT molecular complexity index is 802. The molecule has 1 atom stereocenters. The van der Waals surface area contributed by atoms with E-state index in [1.807, 2.05) is 24.3 Å². The minimum atomic E-state index is -0.547. The standard InChI is InChI=1S/C19H24N4O3/c1-4-6-14-11-17(21-20-14)19(25)22-9-10-23(18(24)13(22)2)15-7-5-8-16(12-15)26-3/h5,7-8,11-13H,4,6,9-10H2,1-3H3,(H,20,21)/t13-/m1/s1. The number of hydrogen-bond donors (Lipinski definition) is 1.